The van der Waals surface area contributed by atoms with Crippen molar-refractivity contribution in [3.63, 3.8) is 0 Å². The van der Waals surface area contributed by atoms with Gasteiger partial charge in [0.1, 0.15) is 17.9 Å². The van der Waals surface area contributed by atoms with Gasteiger partial charge in [-0.05, 0) is 12.8 Å². The van der Waals surface area contributed by atoms with Crippen LogP contribution in [0.15, 0.2) is 23.0 Å². The zero-order valence-electron chi connectivity index (χ0n) is 13.3. The number of anilines is 1. The van der Waals surface area contributed by atoms with E-state index < -0.39 is 0 Å². The van der Waals surface area contributed by atoms with Crippen LogP contribution in [0, 0.1) is 0 Å². The molecule has 23 heavy (non-hydrogen) atoms. The first-order valence-electron chi connectivity index (χ1n) is 8.10. The molecule has 2 aromatic rings. The summed E-state index contributed by atoms with van der Waals surface area (Å²) in [6.45, 7) is 4.57. The fourth-order valence-electron chi connectivity index (χ4n) is 2.89. The van der Waals surface area contributed by atoms with Crippen LogP contribution in [0.3, 0.4) is 0 Å². The third-order valence-corrected chi connectivity index (χ3v) is 4.44. The first-order valence-corrected chi connectivity index (χ1v) is 8.10. The summed E-state index contributed by atoms with van der Waals surface area (Å²) in [5.74, 6) is 4.05. The quantitative estimate of drug-likeness (QED) is 0.831. The first kappa shape index (κ1) is 14.4. The van der Waals surface area contributed by atoms with Crippen LogP contribution in [-0.2, 0) is 6.54 Å². The summed E-state index contributed by atoms with van der Waals surface area (Å²) in [4.78, 5) is 17.4. The molecule has 1 aliphatic heterocycles. The van der Waals surface area contributed by atoms with Gasteiger partial charge in [-0.25, -0.2) is 15.0 Å². The number of oxazole rings is 1. The van der Waals surface area contributed by atoms with E-state index in [0.29, 0.717) is 11.8 Å². The molecule has 0 aromatic carbocycles. The Balaban J connectivity index is 1.32. The molecule has 2 fully saturated rings. The molecule has 0 atom stereocenters. The van der Waals surface area contributed by atoms with Gasteiger partial charge in [-0.15, -0.1) is 0 Å². The van der Waals surface area contributed by atoms with Gasteiger partial charge in [0.25, 0.3) is 0 Å². The molecular formula is C16H21N5O2. The van der Waals surface area contributed by atoms with Crippen LogP contribution in [0.2, 0.25) is 0 Å². The molecule has 7 heteroatoms. The second-order valence-electron chi connectivity index (χ2n) is 6.11. The van der Waals surface area contributed by atoms with Gasteiger partial charge >= 0.3 is 0 Å². The second-order valence-corrected chi connectivity index (χ2v) is 6.11. The maximum Gasteiger partial charge on any atom is 0.218 e. The summed E-state index contributed by atoms with van der Waals surface area (Å²) in [6, 6.07) is 1.88. The van der Waals surface area contributed by atoms with Crippen molar-refractivity contribution < 1.29 is 9.15 Å². The van der Waals surface area contributed by atoms with Gasteiger partial charge in [0.2, 0.25) is 11.8 Å². The number of piperazine rings is 1. The largest absolute Gasteiger partial charge is 0.481 e. The summed E-state index contributed by atoms with van der Waals surface area (Å²) in [5.41, 5.74) is 0. The second kappa shape index (κ2) is 6.16. The van der Waals surface area contributed by atoms with Crippen LogP contribution in [0.5, 0.6) is 5.88 Å². The minimum absolute atomic E-state index is 0.602. The van der Waals surface area contributed by atoms with Crippen LogP contribution >= 0.6 is 0 Å². The predicted molar refractivity (Wildman–Crippen MR) is 84.6 cm³/mol. The highest BCUT2D eigenvalue weighted by Gasteiger charge is 2.28. The molecule has 122 valence electrons. The third-order valence-electron chi connectivity index (χ3n) is 4.44. The van der Waals surface area contributed by atoms with E-state index in [1.54, 1.807) is 13.4 Å². The fourth-order valence-corrected chi connectivity index (χ4v) is 2.89. The Morgan fingerprint density at radius 2 is 2.00 bits per heavy atom. The molecule has 0 bridgehead atoms. The molecule has 2 aromatic heterocycles. The number of ether oxygens (including phenoxy) is 1. The summed E-state index contributed by atoms with van der Waals surface area (Å²) in [6.07, 6.45) is 5.94. The molecule has 7 nitrogen and oxygen atoms in total. The number of rotatable bonds is 5. The highest BCUT2D eigenvalue weighted by molar-refractivity contribution is 5.41. The highest BCUT2D eigenvalue weighted by atomic mass is 16.5. The Kier molecular flexibility index (Phi) is 3.87. The molecule has 2 aliphatic rings. The van der Waals surface area contributed by atoms with Gasteiger partial charge in [0.15, 0.2) is 0 Å². The van der Waals surface area contributed by atoms with Crippen molar-refractivity contribution >= 4 is 5.82 Å². The zero-order valence-corrected chi connectivity index (χ0v) is 13.3. The van der Waals surface area contributed by atoms with E-state index in [9.17, 15) is 0 Å². The lowest BCUT2D eigenvalue weighted by Crippen LogP contribution is -2.46. The minimum Gasteiger partial charge on any atom is -0.481 e. The van der Waals surface area contributed by atoms with Crippen LogP contribution in [0.1, 0.15) is 30.4 Å². The van der Waals surface area contributed by atoms with Gasteiger partial charge in [0, 0.05) is 38.2 Å². The van der Waals surface area contributed by atoms with Crippen molar-refractivity contribution in [1.29, 1.82) is 0 Å². The molecule has 0 spiro atoms. The van der Waals surface area contributed by atoms with Crippen LogP contribution in [0.4, 0.5) is 5.82 Å². The van der Waals surface area contributed by atoms with Crippen molar-refractivity contribution in [1.82, 2.24) is 19.9 Å². The van der Waals surface area contributed by atoms with Crippen LogP contribution < -0.4 is 9.64 Å². The Morgan fingerprint density at radius 3 is 2.74 bits per heavy atom. The minimum atomic E-state index is 0.602. The van der Waals surface area contributed by atoms with Gasteiger partial charge < -0.3 is 14.1 Å². The van der Waals surface area contributed by atoms with E-state index >= 15 is 0 Å². The molecule has 1 aliphatic carbocycles. The normalized spacial score (nSPS) is 19.1. The van der Waals surface area contributed by atoms with Crippen molar-refractivity contribution in [2.45, 2.75) is 25.3 Å². The average molecular weight is 315 g/mol. The molecule has 1 saturated carbocycles. The highest BCUT2D eigenvalue weighted by Crippen LogP contribution is 2.40. The molecule has 3 heterocycles. The predicted octanol–water partition coefficient (Wildman–Crippen LogP) is 1.67. The Morgan fingerprint density at radius 1 is 1.17 bits per heavy atom. The topological polar surface area (TPSA) is 67.5 Å². The lowest BCUT2D eigenvalue weighted by molar-refractivity contribution is 0.223. The lowest BCUT2D eigenvalue weighted by Gasteiger charge is -2.34. The third kappa shape index (κ3) is 3.29. The van der Waals surface area contributed by atoms with Gasteiger partial charge in [-0.1, -0.05) is 0 Å². The molecule has 1 saturated heterocycles. The molecular weight excluding hydrogens is 294 g/mol. The van der Waals surface area contributed by atoms with Gasteiger partial charge in [0.05, 0.1) is 19.9 Å². The Bertz CT molecular complexity index is 662. The van der Waals surface area contributed by atoms with E-state index in [2.05, 4.69) is 24.8 Å². The van der Waals surface area contributed by atoms with E-state index in [1.165, 1.54) is 12.8 Å². The van der Waals surface area contributed by atoms with E-state index in [0.717, 1.165) is 50.2 Å². The summed E-state index contributed by atoms with van der Waals surface area (Å²) < 4.78 is 11.0. The van der Waals surface area contributed by atoms with E-state index in [1.807, 2.05) is 12.3 Å². The van der Waals surface area contributed by atoms with E-state index in [4.69, 9.17) is 9.15 Å². The van der Waals surface area contributed by atoms with Crippen LogP contribution in [0.25, 0.3) is 0 Å². The smallest absolute Gasteiger partial charge is 0.218 e. The molecule has 0 N–H and O–H groups in total. The van der Waals surface area contributed by atoms with Crippen molar-refractivity contribution in [2.75, 3.05) is 38.2 Å². The molecule has 0 radical (unpaired) electrons. The first-order chi connectivity index (χ1) is 11.3. The van der Waals surface area contributed by atoms with Crippen molar-refractivity contribution in [3.8, 4) is 5.88 Å². The summed E-state index contributed by atoms with van der Waals surface area (Å²) in [7, 11) is 1.62. The number of hydrogen-bond donors (Lipinski definition) is 0. The number of hydrogen-bond acceptors (Lipinski definition) is 7. The Hall–Kier alpha value is -2.15. The standard InChI is InChI=1S/C16H21N5O2/c1-22-15-8-14(18-11-19-15)21-6-4-20(5-7-21)10-16-17-9-13(23-16)12-2-3-12/h8-9,11-12H,2-7,10H2,1H3. The zero-order chi connectivity index (χ0) is 15.6. The summed E-state index contributed by atoms with van der Waals surface area (Å²) in [5, 5.41) is 0. The SMILES string of the molecule is COc1cc(N2CCN(Cc3ncc(C4CC4)o3)CC2)ncn1. The van der Waals surface area contributed by atoms with Gasteiger partial charge in [-0.2, -0.15) is 0 Å². The van der Waals surface area contributed by atoms with E-state index in [-0.39, 0.29) is 0 Å². The molecule has 0 amide bonds. The van der Waals surface area contributed by atoms with Gasteiger partial charge in [-0.3, -0.25) is 4.90 Å². The molecule has 4 rings (SSSR count). The maximum atomic E-state index is 5.85. The fraction of sp³-hybridized carbons (Fsp3) is 0.562. The lowest BCUT2D eigenvalue weighted by atomic mass is 10.3. The van der Waals surface area contributed by atoms with Crippen molar-refractivity contribution in [3.05, 3.63) is 30.2 Å². The van der Waals surface area contributed by atoms with Crippen LogP contribution in [-0.4, -0.2) is 53.1 Å². The average Bonchev–Trinajstić information content (AvgIpc) is 3.35. The monoisotopic (exact) mass is 315 g/mol. The summed E-state index contributed by atoms with van der Waals surface area (Å²) >= 11 is 0. The Labute approximate surface area is 135 Å². The molecule has 0 unspecified atom stereocenters. The number of aromatic nitrogens is 3. The van der Waals surface area contributed by atoms with Crippen molar-refractivity contribution in [2.24, 2.45) is 0 Å². The number of methoxy groups -OCH3 is 1. The number of nitrogens with zero attached hydrogens (tertiary/aromatic N) is 5. The maximum absolute atomic E-state index is 5.85.